The summed E-state index contributed by atoms with van der Waals surface area (Å²) in [6.07, 6.45) is 6.19. The Balaban J connectivity index is 1.46. The Bertz CT molecular complexity index is 521. The molecule has 1 N–H and O–H groups in total. The standard InChI is InChI=1S/C17H29N5S/c1-14-6-5-11-22(12-14)16(18-2)19-8-7-15-13-23-17(20-15)21-9-3-4-10-21/h13-14H,3-12H2,1-2H3,(H,18,19). The average molecular weight is 336 g/mol. The Labute approximate surface area is 143 Å². The zero-order valence-corrected chi connectivity index (χ0v) is 15.2. The first-order valence-corrected chi connectivity index (χ1v) is 9.79. The highest BCUT2D eigenvalue weighted by atomic mass is 32.1. The molecule has 0 spiro atoms. The average Bonchev–Trinajstić information content (AvgIpc) is 3.22. The van der Waals surface area contributed by atoms with Crippen molar-refractivity contribution in [3.8, 4) is 0 Å². The molecule has 5 nitrogen and oxygen atoms in total. The lowest BCUT2D eigenvalue weighted by Crippen LogP contribution is -2.46. The summed E-state index contributed by atoms with van der Waals surface area (Å²) in [4.78, 5) is 14.0. The Morgan fingerprint density at radius 1 is 1.35 bits per heavy atom. The first kappa shape index (κ1) is 16.6. The SMILES string of the molecule is CN=C(NCCc1csc(N2CCCC2)n1)N1CCCC(C)C1. The third-order valence-corrected chi connectivity index (χ3v) is 5.70. The summed E-state index contributed by atoms with van der Waals surface area (Å²) in [5, 5.41) is 6.92. The van der Waals surface area contributed by atoms with Crippen LogP contribution in [0.15, 0.2) is 10.4 Å². The van der Waals surface area contributed by atoms with Crippen molar-refractivity contribution < 1.29 is 0 Å². The number of aliphatic imine (C=N–C) groups is 1. The van der Waals surface area contributed by atoms with Gasteiger partial charge in [0.05, 0.1) is 5.69 Å². The molecule has 1 atom stereocenters. The van der Waals surface area contributed by atoms with E-state index < -0.39 is 0 Å². The molecule has 128 valence electrons. The number of hydrogen-bond donors (Lipinski definition) is 1. The van der Waals surface area contributed by atoms with E-state index in [-0.39, 0.29) is 0 Å². The maximum atomic E-state index is 4.79. The lowest BCUT2D eigenvalue weighted by atomic mass is 10.0. The van der Waals surface area contributed by atoms with Gasteiger partial charge in [-0.25, -0.2) is 4.98 Å². The van der Waals surface area contributed by atoms with Crippen molar-refractivity contribution in [2.45, 2.75) is 39.0 Å². The number of thiazole rings is 1. The van der Waals surface area contributed by atoms with Crippen LogP contribution < -0.4 is 10.2 Å². The molecule has 2 aliphatic heterocycles. The third-order valence-electron chi connectivity index (χ3n) is 4.75. The first-order valence-electron chi connectivity index (χ1n) is 8.91. The summed E-state index contributed by atoms with van der Waals surface area (Å²) in [6, 6.07) is 0. The summed E-state index contributed by atoms with van der Waals surface area (Å²) in [7, 11) is 1.88. The fourth-order valence-corrected chi connectivity index (χ4v) is 4.39. The summed E-state index contributed by atoms with van der Waals surface area (Å²) in [5.74, 6) is 1.82. The van der Waals surface area contributed by atoms with E-state index in [1.54, 1.807) is 11.3 Å². The van der Waals surface area contributed by atoms with Gasteiger partial charge in [-0.15, -0.1) is 11.3 Å². The minimum atomic E-state index is 0.767. The van der Waals surface area contributed by atoms with Crippen LogP contribution in [0.3, 0.4) is 0 Å². The number of hydrogen-bond acceptors (Lipinski definition) is 4. The van der Waals surface area contributed by atoms with Gasteiger partial charge in [0.25, 0.3) is 0 Å². The molecule has 23 heavy (non-hydrogen) atoms. The molecule has 0 aliphatic carbocycles. The van der Waals surface area contributed by atoms with E-state index in [1.807, 2.05) is 7.05 Å². The zero-order chi connectivity index (χ0) is 16.1. The van der Waals surface area contributed by atoms with Gasteiger partial charge in [-0.2, -0.15) is 0 Å². The molecule has 2 aliphatic rings. The van der Waals surface area contributed by atoms with E-state index in [4.69, 9.17) is 4.98 Å². The Morgan fingerprint density at radius 2 is 2.17 bits per heavy atom. The van der Waals surface area contributed by atoms with Crippen molar-refractivity contribution in [3.63, 3.8) is 0 Å². The van der Waals surface area contributed by atoms with Crippen molar-refractivity contribution in [2.24, 2.45) is 10.9 Å². The number of likely N-dealkylation sites (tertiary alicyclic amines) is 1. The van der Waals surface area contributed by atoms with E-state index >= 15 is 0 Å². The monoisotopic (exact) mass is 335 g/mol. The fraction of sp³-hybridized carbons (Fsp3) is 0.765. The lowest BCUT2D eigenvalue weighted by molar-refractivity contribution is 0.266. The summed E-state index contributed by atoms with van der Waals surface area (Å²) < 4.78 is 0. The molecule has 1 aromatic rings. The van der Waals surface area contributed by atoms with Gasteiger partial charge in [-0.1, -0.05) is 6.92 Å². The van der Waals surface area contributed by atoms with Crippen molar-refractivity contribution >= 4 is 22.4 Å². The first-order chi connectivity index (χ1) is 11.3. The van der Waals surface area contributed by atoms with Crippen molar-refractivity contribution in [2.75, 3.05) is 44.7 Å². The van der Waals surface area contributed by atoms with Gasteiger partial charge in [-0.05, 0) is 31.6 Å². The van der Waals surface area contributed by atoms with E-state index in [1.165, 1.54) is 49.6 Å². The number of anilines is 1. The predicted molar refractivity (Wildman–Crippen MR) is 98.6 cm³/mol. The Hall–Kier alpha value is -1.30. The maximum absolute atomic E-state index is 4.79. The van der Waals surface area contributed by atoms with E-state index in [0.717, 1.165) is 37.9 Å². The van der Waals surface area contributed by atoms with Crippen molar-refractivity contribution in [1.29, 1.82) is 0 Å². The van der Waals surface area contributed by atoms with Crippen molar-refractivity contribution in [1.82, 2.24) is 15.2 Å². The van der Waals surface area contributed by atoms with Crippen molar-refractivity contribution in [3.05, 3.63) is 11.1 Å². The highest BCUT2D eigenvalue weighted by Crippen LogP contribution is 2.24. The predicted octanol–water partition coefficient (Wildman–Crippen LogP) is 2.59. The van der Waals surface area contributed by atoms with Crippen LogP contribution in [-0.4, -0.2) is 55.6 Å². The van der Waals surface area contributed by atoms with Gasteiger partial charge in [0.2, 0.25) is 0 Å². The Kier molecular flexibility index (Phi) is 5.75. The maximum Gasteiger partial charge on any atom is 0.193 e. The van der Waals surface area contributed by atoms with Gasteiger partial charge >= 0.3 is 0 Å². The molecule has 3 heterocycles. The smallest absolute Gasteiger partial charge is 0.193 e. The van der Waals surface area contributed by atoms with Crippen LogP contribution in [0.1, 0.15) is 38.3 Å². The van der Waals surface area contributed by atoms with E-state index in [9.17, 15) is 0 Å². The number of rotatable bonds is 4. The molecular formula is C17H29N5S. The topological polar surface area (TPSA) is 43.8 Å². The molecule has 0 saturated carbocycles. The quantitative estimate of drug-likeness (QED) is 0.678. The van der Waals surface area contributed by atoms with Crippen LogP contribution in [-0.2, 0) is 6.42 Å². The number of nitrogens with zero attached hydrogens (tertiary/aromatic N) is 4. The molecule has 2 saturated heterocycles. The molecule has 0 radical (unpaired) electrons. The zero-order valence-electron chi connectivity index (χ0n) is 14.4. The van der Waals surface area contributed by atoms with Crippen LogP contribution in [0.2, 0.25) is 0 Å². The van der Waals surface area contributed by atoms with E-state index in [2.05, 4.69) is 32.4 Å². The second-order valence-corrected chi connectivity index (χ2v) is 7.57. The largest absolute Gasteiger partial charge is 0.356 e. The fourth-order valence-electron chi connectivity index (χ4n) is 3.48. The van der Waals surface area contributed by atoms with Gasteiger partial charge in [0.1, 0.15) is 0 Å². The van der Waals surface area contributed by atoms with Crippen LogP contribution in [0.4, 0.5) is 5.13 Å². The summed E-state index contributed by atoms with van der Waals surface area (Å²) in [6.45, 7) is 7.82. The molecule has 6 heteroatoms. The number of nitrogens with one attached hydrogen (secondary N) is 1. The number of guanidine groups is 1. The minimum Gasteiger partial charge on any atom is -0.356 e. The van der Waals surface area contributed by atoms with Crippen LogP contribution >= 0.6 is 11.3 Å². The molecular weight excluding hydrogens is 306 g/mol. The van der Waals surface area contributed by atoms with E-state index in [0.29, 0.717) is 0 Å². The Morgan fingerprint density at radius 3 is 2.91 bits per heavy atom. The second kappa shape index (κ2) is 7.99. The van der Waals surface area contributed by atoms with Gasteiger partial charge in [-0.3, -0.25) is 4.99 Å². The number of piperidine rings is 1. The van der Waals surface area contributed by atoms with Crippen LogP contribution in [0, 0.1) is 5.92 Å². The van der Waals surface area contributed by atoms with Gasteiger partial charge in [0, 0.05) is 51.6 Å². The van der Waals surface area contributed by atoms with Crippen LogP contribution in [0.5, 0.6) is 0 Å². The molecule has 0 aromatic carbocycles. The third kappa shape index (κ3) is 4.37. The molecule has 1 aromatic heterocycles. The lowest BCUT2D eigenvalue weighted by Gasteiger charge is -2.33. The van der Waals surface area contributed by atoms with Gasteiger partial charge < -0.3 is 15.1 Å². The molecule has 0 amide bonds. The normalized spacial score (nSPS) is 22.7. The summed E-state index contributed by atoms with van der Waals surface area (Å²) in [5.41, 5.74) is 1.20. The minimum absolute atomic E-state index is 0.767. The highest BCUT2D eigenvalue weighted by molar-refractivity contribution is 7.13. The summed E-state index contributed by atoms with van der Waals surface area (Å²) >= 11 is 1.79. The van der Waals surface area contributed by atoms with Gasteiger partial charge in [0.15, 0.2) is 11.1 Å². The molecule has 2 fully saturated rings. The number of aromatic nitrogens is 1. The molecule has 0 bridgehead atoms. The highest BCUT2D eigenvalue weighted by Gasteiger charge is 2.19. The van der Waals surface area contributed by atoms with Crippen LogP contribution in [0.25, 0.3) is 0 Å². The molecule has 3 rings (SSSR count). The molecule has 1 unspecified atom stereocenters. The second-order valence-electron chi connectivity index (χ2n) is 6.73.